The Morgan fingerprint density at radius 1 is 1.15 bits per heavy atom. The number of hydrogen-bond donors (Lipinski definition) is 2. The Kier molecular flexibility index (Phi) is 6.20. The summed E-state index contributed by atoms with van der Waals surface area (Å²) in [5.74, 6) is 1.41. The predicted octanol–water partition coefficient (Wildman–Crippen LogP) is 1.51. The fraction of sp³-hybridized carbons (Fsp3) is 0.250. The van der Waals surface area contributed by atoms with E-state index in [-0.39, 0.29) is 12.5 Å². The van der Waals surface area contributed by atoms with E-state index in [4.69, 9.17) is 25.4 Å². The van der Waals surface area contributed by atoms with Gasteiger partial charge in [0.25, 0.3) is 0 Å². The van der Waals surface area contributed by atoms with Crippen molar-refractivity contribution in [3.63, 3.8) is 0 Å². The van der Waals surface area contributed by atoms with Crippen molar-refractivity contribution >= 4 is 44.7 Å². The lowest BCUT2D eigenvalue weighted by Gasteiger charge is -2.28. The summed E-state index contributed by atoms with van der Waals surface area (Å²) in [5, 5.41) is 0.768. The lowest BCUT2D eigenvalue weighted by molar-refractivity contribution is 0.122. The molecule has 0 bridgehead atoms. The molecule has 3 N–H and O–H groups in total. The second-order valence-corrected chi connectivity index (χ2v) is 8.96. The van der Waals surface area contributed by atoms with Gasteiger partial charge in [0, 0.05) is 48.9 Å². The van der Waals surface area contributed by atoms with E-state index in [2.05, 4.69) is 19.6 Å². The van der Waals surface area contributed by atoms with Crippen LogP contribution in [0, 0.1) is 0 Å². The zero-order valence-electron chi connectivity index (χ0n) is 17.3. The molecule has 5 rings (SSSR count). The van der Waals surface area contributed by atoms with Crippen LogP contribution < -0.4 is 15.4 Å². The number of ether oxygens (including phenoxy) is 1. The van der Waals surface area contributed by atoms with Crippen LogP contribution >= 0.6 is 11.3 Å². The molecule has 1 atom stereocenters. The van der Waals surface area contributed by atoms with Crippen LogP contribution in [0.15, 0.2) is 36.7 Å². The normalized spacial score (nSPS) is 15.1. The van der Waals surface area contributed by atoms with Gasteiger partial charge in [0.05, 0.1) is 18.8 Å². The zero-order chi connectivity index (χ0) is 22.8. The third-order valence-electron chi connectivity index (χ3n) is 5.05. The van der Waals surface area contributed by atoms with Crippen molar-refractivity contribution in [1.82, 2.24) is 29.6 Å². The molecule has 0 spiro atoms. The molecular weight excluding hydrogens is 464 g/mol. The summed E-state index contributed by atoms with van der Waals surface area (Å²) >= 11 is -0.877. The van der Waals surface area contributed by atoms with E-state index < -0.39 is 11.3 Å². The van der Waals surface area contributed by atoms with Gasteiger partial charge in [-0.1, -0.05) is 29.5 Å². The molecule has 11 nitrogen and oxygen atoms in total. The number of nitrogens with one attached hydrogen (secondary N) is 1. The maximum Gasteiger partial charge on any atom is 0.219 e. The smallest absolute Gasteiger partial charge is 0.219 e. The quantitative estimate of drug-likeness (QED) is 0.385. The van der Waals surface area contributed by atoms with E-state index in [0.717, 1.165) is 26.8 Å². The maximum atomic E-state index is 10.8. The summed E-state index contributed by atoms with van der Waals surface area (Å²) in [7, 11) is 0. The molecule has 1 aliphatic heterocycles. The van der Waals surface area contributed by atoms with Gasteiger partial charge in [0.15, 0.2) is 11.6 Å². The van der Waals surface area contributed by atoms with Crippen molar-refractivity contribution in [3.8, 4) is 22.0 Å². The molecule has 0 aliphatic carbocycles. The lowest BCUT2D eigenvalue weighted by Crippen LogP contribution is -2.37. The van der Waals surface area contributed by atoms with Gasteiger partial charge in [0.1, 0.15) is 15.4 Å². The van der Waals surface area contributed by atoms with Gasteiger partial charge in [-0.3, -0.25) is 4.21 Å². The van der Waals surface area contributed by atoms with Crippen LogP contribution in [0.4, 0.5) is 11.8 Å². The number of morpholine rings is 1. The molecule has 0 radical (unpaired) electrons. The van der Waals surface area contributed by atoms with Gasteiger partial charge in [-0.2, -0.15) is 0 Å². The molecule has 1 aliphatic rings. The molecule has 3 aromatic heterocycles. The molecule has 1 aromatic carbocycles. The molecule has 0 saturated carbocycles. The third kappa shape index (κ3) is 4.82. The molecule has 170 valence electrons. The molecule has 1 unspecified atom stereocenters. The Balaban J connectivity index is 1.59. The summed E-state index contributed by atoms with van der Waals surface area (Å²) in [6, 6.07) is 7.58. The molecule has 4 aromatic rings. The van der Waals surface area contributed by atoms with E-state index in [1.165, 1.54) is 11.3 Å². The third-order valence-corrected chi connectivity index (χ3v) is 6.43. The average Bonchev–Trinajstić information content (AvgIpc) is 3.28. The van der Waals surface area contributed by atoms with Crippen molar-refractivity contribution in [2.75, 3.05) is 36.9 Å². The Morgan fingerprint density at radius 3 is 2.70 bits per heavy atom. The van der Waals surface area contributed by atoms with Crippen LogP contribution in [0.25, 0.3) is 32.3 Å². The standard InChI is InChI=1S/C20H20N8O3S2/c21-20-22-10-14(11-23-20)16-26-17(28-4-6-31-7-5-28)15-19(27-16)32-18(25-15)13-3-1-2-12(8-13)9-24-33(29)30/h1-3,8,10-11,24H,4-7,9H2,(H,29,30)(H2,21,22,23)/p-1. The molecule has 1 saturated heterocycles. The number of nitrogens with two attached hydrogens (primary N) is 1. The van der Waals surface area contributed by atoms with Crippen LogP contribution in [0.2, 0.25) is 0 Å². The van der Waals surface area contributed by atoms with Crippen molar-refractivity contribution in [1.29, 1.82) is 0 Å². The van der Waals surface area contributed by atoms with Crippen LogP contribution in [0.5, 0.6) is 0 Å². The monoisotopic (exact) mass is 483 g/mol. The highest BCUT2D eigenvalue weighted by molar-refractivity contribution is 7.77. The predicted molar refractivity (Wildman–Crippen MR) is 125 cm³/mol. The second-order valence-electron chi connectivity index (χ2n) is 7.23. The minimum absolute atomic E-state index is 0.184. The Bertz CT molecular complexity index is 1310. The molecule has 0 amide bonds. The first-order valence-electron chi connectivity index (χ1n) is 10.1. The molecule has 33 heavy (non-hydrogen) atoms. The molecular formula is C20H19N8O3S2-. The minimum atomic E-state index is -2.32. The second kappa shape index (κ2) is 9.41. The van der Waals surface area contributed by atoms with Crippen LogP contribution in [0.1, 0.15) is 5.56 Å². The highest BCUT2D eigenvalue weighted by Crippen LogP contribution is 2.35. The number of nitrogen functional groups attached to an aromatic ring is 1. The number of benzene rings is 1. The van der Waals surface area contributed by atoms with E-state index in [0.29, 0.717) is 43.2 Å². The number of hydrogen-bond acceptors (Lipinski definition) is 11. The summed E-state index contributed by atoms with van der Waals surface area (Å²) in [6.07, 6.45) is 3.20. The maximum absolute atomic E-state index is 10.8. The fourth-order valence-electron chi connectivity index (χ4n) is 3.47. The number of aromatic nitrogens is 5. The molecule has 4 heterocycles. The highest BCUT2D eigenvalue weighted by atomic mass is 32.2. The number of anilines is 2. The van der Waals surface area contributed by atoms with Crippen molar-refractivity contribution < 1.29 is 13.5 Å². The molecule has 1 fully saturated rings. The van der Waals surface area contributed by atoms with Crippen LogP contribution in [-0.4, -0.2) is 60.0 Å². The summed E-state index contributed by atoms with van der Waals surface area (Å²) in [5.41, 5.74) is 8.70. The number of fused-ring (bicyclic) bond motifs is 1. The number of rotatable bonds is 6. The van der Waals surface area contributed by atoms with Gasteiger partial charge in [-0.15, -0.1) is 0 Å². The van der Waals surface area contributed by atoms with Gasteiger partial charge in [0.2, 0.25) is 5.95 Å². The largest absolute Gasteiger partial charge is 0.760 e. The van der Waals surface area contributed by atoms with E-state index in [1.807, 2.05) is 24.3 Å². The minimum Gasteiger partial charge on any atom is -0.760 e. The zero-order valence-corrected chi connectivity index (χ0v) is 18.9. The lowest BCUT2D eigenvalue weighted by atomic mass is 10.1. The topological polar surface area (TPSA) is 155 Å². The van der Waals surface area contributed by atoms with Gasteiger partial charge in [-0.25, -0.2) is 29.6 Å². The van der Waals surface area contributed by atoms with Crippen molar-refractivity contribution in [2.24, 2.45) is 0 Å². The van der Waals surface area contributed by atoms with Crippen LogP contribution in [0.3, 0.4) is 0 Å². The van der Waals surface area contributed by atoms with E-state index in [9.17, 15) is 8.76 Å². The number of nitrogens with zero attached hydrogens (tertiary/aromatic N) is 6. The van der Waals surface area contributed by atoms with Crippen molar-refractivity contribution in [2.45, 2.75) is 6.54 Å². The van der Waals surface area contributed by atoms with E-state index >= 15 is 0 Å². The highest BCUT2D eigenvalue weighted by Gasteiger charge is 2.22. The van der Waals surface area contributed by atoms with Gasteiger partial charge in [-0.05, 0) is 11.6 Å². The SMILES string of the molecule is Nc1ncc(-c2nc(N3CCOCC3)c3nc(-c4cccc(CNS(=O)[O-])c4)sc3n2)cn1. The van der Waals surface area contributed by atoms with Gasteiger partial charge >= 0.3 is 0 Å². The first-order chi connectivity index (χ1) is 16.1. The first kappa shape index (κ1) is 21.7. The Labute approximate surface area is 195 Å². The Hall–Kier alpha value is -3.10. The summed E-state index contributed by atoms with van der Waals surface area (Å²) < 4.78 is 29.6. The Morgan fingerprint density at radius 2 is 1.94 bits per heavy atom. The first-order valence-corrected chi connectivity index (χ1v) is 12.0. The van der Waals surface area contributed by atoms with Crippen LogP contribution in [-0.2, 0) is 22.5 Å². The average molecular weight is 484 g/mol. The summed E-state index contributed by atoms with van der Waals surface area (Å²) in [6.45, 7) is 2.82. The van der Waals surface area contributed by atoms with E-state index in [1.54, 1.807) is 12.4 Å². The molecule has 13 heteroatoms. The van der Waals surface area contributed by atoms with Crippen molar-refractivity contribution in [3.05, 3.63) is 42.2 Å². The fourth-order valence-corrected chi connectivity index (χ4v) is 4.68. The summed E-state index contributed by atoms with van der Waals surface area (Å²) in [4.78, 5) is 25.4. The van der Waals surface area contributed by atoms with Gasteiger partial charge < -0.3 is 19.9 Å². The number of thiazole rings is 1.